The van der Waals surface area contributed by atoms with Gasteiger partial charge >= 0.3 is 0 Å². The smallest absolute Gasteiger partial charge is 0.250 e. The van der Waals surface area contributed by atoms with Crippen LogP contribution >= 0.6 is 0 Å². The molecule has 2 aromatic rings. The van der Waals surface area contributed by atoms with Gasteiger partial charge in [0.1, 0.15) is 11.6 Å². The fourth-order valence-electron chi connectivity index (χ4n) is 3.45. The van der Waals surface area contributed by atoms with Crippen LogP contribution in [0.1, 0.15) is 38.7 Å². The van der Waals surface area contributed by atoms with Crippen molar-refractivity contribution in [3.8, 4) is 16.9 Å². The van der Waals surface area contributed by atoms with Crippen LogP contribution in [0.3, 0.4) is 0 Å². The van der Waals surface area contributed by atoms with Crippen molar-refractivity contribution in [2.75, 3.05) is 13.1 Å². The Morgan fingerprint density at radius 1 is 1.11 bits per heavy atom. The summed E-state index contributed by atoms with van der Waals surface area (Å²) in [7, 11) is 0. The number of rotatable bonds is 6. The maximum Gasteiger partial charge on any atom is 0.250 e. The molecule has 3 N–H and O–H groups in total. The summed E-state index contributed by atoms with van der Waals surface area (Å²) in [5.74, 6) is 0.682. The van der Waals surface area contributed by atoms with Crippen LogP contribution in [0.5, 0.6) is 5.75 Å². The van der Waals surface area contributed by atoms with Gasteiger partial charge in [-0.2, -0.15) is 0 Å². The minimum atomic E-state index is 0.0340. The van der Waals surface area contributed by atoms with E-state index in [4.69, 9.17) is 5.73 Å². The number of benzene rings is 2. The van der Waals surface area contributed by atoms with Gasteiger partial charge in [0.05, 0.1) is 5.69 Å². The molecule has 2 aromatic carbocycles. The minimum absolute atomic E-state index is 0.0340. The van der Waals surface area contributed by atoms with Gasteiger partial charge < -0.3 is 15.7 Å². The highest BCUT2D eigenvalue weighted by atomic mass is 16.3. The number of amides is 1. The molecular formula is C23H27N3O2. The first-order chi connectivity index (χ1) is 13.5. The zero-order valence-corrected chi connectivity index (χ0v) is 16.5. The molecule has 5 nitrogen and oxygen atoms in total. The Morgan fingerprint density at radius 3 is 2.50 bits per heavy atom. The Hall–Kier alpha value is -3.08. The minimum Gasteiger partial charge on any atom is -0.508 e. The first-order valence-electron chi connectivity index (χ1n) is 9.78. The molecule has 1 heterocycles. The zero-order chi connectivity index (χ0) is 20.1. The third-order valence-corrected chi connectivity index (χ3v) is 4.72. The second-order valence-corrected chi connectivity index (χ2v) is 7.07. The Balaban J connectivity index is 1.97. The van der Waals surface area contributed by atoms with Crippen molar-refractivity contribution < 1.29 is 9.90 Å². The summed E-state index contributed by atoms with van der Waals surface area (Å²) in [5.41, 5.74) is 10.3. The topological polar surface area (TPSA) is 78.9 Å². The van der Waals surface area contributed by atoms with Crippen molar-refractivity contribution in [3.63, 3.8) is 0 Å². The maximum atomic E-state index is 13.0. The summed E-state index contributed by atoms with van der Waals surface area (Å²) in [5, 5.41) is 9.74. The molecule has 3 rings (SSSR count). The van der Waals surface area contributed by atoms with Crippen LogP contribution in [-0.4, -0.2) is 34.8 Å². The van der Waals surface area contributed by atoms with E-state index in [2.05, 4.69) is 18.8 Å². The highest BCUT2D eigenvalue weighted by Gasteiger charge is 2.21. The van der Waals surface area contributed by atoms with Crippen molar-refractivity contribution in [2.45, 2.75) is 33.1 Å². The summed E-state index contributed by atoms with van der Waals surface area (Å²) in [6, 6.07) is 13.0. The lowest BCUT2D eigenvalue weighted by atomic mass is 10.0. The van der Waals surface area contributed by atoms with Gasteiger partial charge in [0.15, 0.2) is 0 Å². The number of nitrogens with two attached hydrogens (primary N) is 1. The molecule has 1 amide bonds. The third kappa shape index (κ3) is 4.42. The van der Waals surface area contributed by atoms with Gasteiger partial charge in [-0.1, -0.05) is 38.1 Å². The van der Waals surface area contributed by atoms with Gasteiger partial charge in [-0.3, -0.25) is 4.79 Å². The number of carbonyl (C=O) groups is 1. The van der Waals surface area contributed by atoms with Crippen LogP contribution in [0.2, 0.25) is 0 Å². The fourth-order valence-corrected chi connectivity index (χ4v) is 3.45. The van der Waals surface area contributed by atoms with Crippen molar-refractivity contribution in [1.82, 2.24) is 4.90 Å². The SMILES string of the molecule is CCCN(CCC)C(=O)C1=Cc2ccc(-c3cccc(O)c3)cc2N=C(N)C1. The van der Waals surface area contributed by atoms with Gasteiger partial charge in [0.2, 0.25) is 5.91 Å². The number of hydrogen-bond donors (Lipinski definition) is 2. The molecule has 0 spiro atoms. The lowest BCUT2D eigenvalue weighted by Gasteiger charge is -2.22. The summed E-state index contributed by atoms with van der Waals surface area (Å²) in [6.07, 6.45) is 4.10. The first kappa shape index (κ1) is 19.7. The number of nitrogens with zero attached hydrogens (tertiary/aromatic N) is 2. The fraction of sp³-hybridized carbons (Fsp3) is 0.304. The number of carbonyl (C=O) groups excluding carboxylic acids is 1. The molecule has 0 saturated carbocycles. The number of amidine groups is 1. The largest absolute Gasteiger partial charge is 0.508 e. The van der Waals surface area contributed by atoms with E-state index in [0.29, 0.717) is 17.8 Å². The molecule has 0 bridgehead atoms. The molecule has 0 aromatic heterocycles. The van der Waals surface area contributed by atoms with E-state index in [1.54, 1.807) is 18.2 Å². The van der Waals surface area contributed by atoms with E-state index in [1.807, 2.05) is 35.2 Å². The average Bonchev–Trinajstić information content (AvgIpc) is 2.84. The van der Waals surface area contributed by atoms with Crippen molar-refractivity contribution in [3.05, 3.63) is 53.6 Å². The van der Waals surface area contributed by atoms with E-state index in [0.717, 1.165) is 48.3 Å². The summed E-state index contributed by atoms with van der Waals surface area (Å²) in [4.78, 5) is 19.5. The third-order valence-electron chi connectivity index (χ3n) is 4.72. The molecule has 28 heavy (non-hydrogen) atoms. The highest BCUT2D eigenvalue weighted by molar-refractivity contribution is 6.05. The molecule has 0 atom stereocenters. The van der Waals surface area contributed by atoms with Crippen molar-refractivity contribution in [1.29, 1.82) is 0 Å². The second kappa shape index (κ2) is 8.74. The summed E-state index contributed by atoms with van der Waals surface area (Å²) >= 11 is 0. The average molecular weight is 377 g/mol. The van der Waals surface area contributed by atoms with Gasteiger partial charge in [0.25, 0.3) is 0 Å². The number of aliphatic imine (C=N–C) groups is 1. The van der Waals surface area contributed by atoms with E-state index >= 15 is 0 Å². The van der Waals surface area contributed by atoms with Crippen LogP contribution in [0, 0.1) is 0 Å². The van der Waals surface area contributed by atoms with Gasteiger partial charge in [-0.05, 0) is 48.2 Å². The van der Waals surface area contributed by atoms with Crippen LogP contribution < -0.4 is 5.73 Å². The summed E-state index contributed by atoms with van der Waals surface area (Å²) < 4.78 is 0. The molecule has 0 fully saturated rings. The standard InChI is InChI=1S/C23H27N3O2/c1-3-10-26(11-4-2)23(28)19-12-18-9-8-17(14-21(18)25-22(24)15-19)16-6-5-7-20(27)13-16/h5-9,12-14,27H,3-4,10-11,15H2,1-2H3,(H2,24,25). The number of fused-ring (bicyclic) bond motifs is 1. The molecule has 0 unspecified atom stereocenters. The number of phenols is 1. The number of phenolic OH excluding ortho intramolecular Hbond substituents is 1. The molecule has 0 aliphatic carbocycles. The van der Waals surface area contributed by atoms with Crippen molar-refractivity contribution in [2.24, 2.45) is 10.7 Å². The van der Waals surface area contributed by atoms with E-state index < -0.39 is 0 Å². The van der Waals surface area contributed by atoms with Crippen LogP contribution in [0.15, 0.2) is 53.0 Å². The van der Waals surface area contributed by atoms with E-state index in [9.17, 15) is 9.90 Å². The van der Waals surface area contributed by atoms with Crippen LogP contribution in [-0.2, 0) is 4.79 Å². The van der Waals surface area contributed by atoms with E-state index in [-0.39, 0.29) is 11.7 Å². The van der Waals surface area contributed by atoms with Crippen LogP contribution in [0.4, 0.5) is 5.69 Å². The van der Waals surface area contributed by atoms with E-state index in [1.165, 1.54) is 0 Å². The number of hydrogen-bond acceptors (Lipinski definition) is 4. The molecule has 1 aliphatic rings. The Labute approximate surface area is 166 Å². The van der Waals surface area contributed by atoms with Crippen LogP contribution in [0.25, 0.3) is 17.2 Å². The van der Waals surface area contributed by atoms with Crippen molar-refractivity contribution >= 4 is 23.5 Å². The molecular weight excluding hydrogens is 350 g/mol. The Kier molecular flexibility index (Phi) is 6.14. The normalized spacial score (nSPS) is 13.2. The highest BCUT2D eigenvalue weighted by Crippen LogP contribution is 2.32. The lowest BCUT2D eigenvalue weighted by Crippen LogP contribution is -2.34. The van der Waals surface area contributed by atoms with Gasteiger partial charge in [-0.25, -0.2) is 4.99 Å². The first-order valence-corrected chi connectivity index (χ1v) is 9.78. The summed E-state index contributed by atoms with van der Waals surface area (Å²) in [6.45, 7) is 5.63. The molecule has 0 radical (unpaired) electrons. The second-order valence-electron chi connectivity index (χ2n) is 7.07. The number of aromatic hydroxyl groups is 1. The predicted molar refractivity (Wildman–Crippen MR) is 115 cm³/mol. The van der Waals surface area contributed by atoms with Gasteiger partial charge in [-0.15, -0.1) is 0 Å². The molecule has 1 aliphatic heterocycles. The van der Waals surface area contributed by atoms with Gasteiger partial charge in [0, 0.05) is 30.6 Å². The molecule has 5 heteroatoms. The predicted octanol–water partition coefficient (Wildman–Crippen LogP) is 4.48. The lowest BCUT2D eigenvalue weighted by molar-refractivity contribution is -0.127. The monoisotopic (exact) mass is 377 g/mol. The molecule has 146 valence electrons. The zero-order valence-electron chi connectivity index (χ0n) is 16.5. The Bertz CT molecular complexity index is 925. The Morgan fingerprint density at radius 2 is 1.82 bits per heavy atom. The molecule has 0 saturated heterocycles. The maximum absolute atomic E-state index is 13.0. The quantitative estimate of drug-likeness (QED) is 0.779.